The number of fused-ring (bicyclic) bond motifs is 1. The number of hydrogen-bond donors (Lipinski definition) is 2. The summed E-state index contributed by atoms with van der Waals surface area (Å²) in [6, 6.07) is 9.52. The van der Waals surface area contributed by atoms with Gasteiger partial charge in [-0.15, -0.1) is 0 Å². The topological polar surface area (TPSA) is 114 Å². The minimum atomic E-state index is -0.633. The van der Waals surface area contributed by atoms with Gasteiger partial charge in [-0.25, -0.2) is 14.8 Å². The highest BCUT2D eigenvalue weighted by Crippen LogP contribution is 2.18. The number of carbonyl (C=O) groups is 2. The van der Waals surface area contributed by atoms with E-state index in [4.69, 9.17) is 4.74 Å². The summed E-state index contributed by atoms with van der Waals surface area (Å²) in [5.74, 6) is -0.701. The van der Waals surface area contributed by atoms with Gasteiger partial charge >= 0.3 is 5.97 Å². The summed E-state index contributed by atoms with van der Waals surface area (Å²) in [4.78, 5) is 47.8. The van der Waals surface area contributed by atoms with E-state index in [0.29, 0.717) is 12.2 Å². The summed E-state index contributed by atoms with van der Waals surface area (Å²) >= 11 is 1.10. The number of ether oxygens (including phenoxy) is 1. The summed E-state index contributed by atoms with van der Waals surface area (Å²) < 4.78 is 4.73. The molecule has 30 heavy (non-hydrogen) atoms. The van der Waals surface area contributed by atoms with Gasteiger partial charge in [0.1, 0.15) is 0 Å². The van der Waals surface area contributed by atoms with Crippen LogP contribution in [0.5, 0.6) is 0 Å². The van der Waals surface area contributed by atoms with Gasteiger partial charge in [-0.3, -0.25) is 9.59 Å². The van der Waals surface area contributed by atoms with E-state index in [1.54, 1.807) is 6.92 Å². The number of carbonyl (C=O) groups excluding carboxylic acids is 2. The molecule has 0 saturated carbocycles. The van der Waals surface area contributed by atoms with Crippen LogP contribution in [0.25, 0.3) is 11.0 Å². The molecule has 1 amide bonds. The second-order valence-electron chi connectivity index (χ2n) is 6.69. The van der Waals surface area contributed by atoms with E-state index in [-0.39, 0.29) is 33.4 Å². The number of amides is 1. The Morgan fingerprint density at radius 2 is 1.97 bits per heavy atom. The molecular formula is C21H22N4O4S. The van der Waals surface area contributed by atoms with E-state index in [9.17, 15) is 14.4 Å². The smallest absolute Gasteiger partial charge is 0.338 e. The summed E-state index contributed by atoms with van der Waals surface area (Å²) in [5.41, 5.74) is 2.66. The van der Waals surface area contributed by atoms with Crippen molar-refractivity contribution in [2.45, 2.75) is 25.4 Å². The largest absolute Gasteiger partial charge is 0.465 e. The lowest BCUT2D eigenvalue weighted by molar-refractivity contribution is -0.118. The Bertz CT molecular complexity index is 1160. The fraction of sp³-hybridized carbons (Fsp3) is 0.286. The van der Waals surface area contributed by atoms with Crippen molar-refractivity contribution in [3.8, 4) is 0 Å². The minimum Gasteiger partial charge on any atom is -0.465 e. The third-order valence-electron chi connectivity index (χ3n) is 4.51. The van der Waals surface area contributed by atoms with Crippen molar-refractivity contribution >= 4 is 34.7 Å². The Labute approximate surface area is 177 Å². The van der Waals surface area contributed by atoms with Crippen molar-refractivity contribution in [3.05, 3.63) is 63.1 Å². The van der Waals surface area contributed by atoms with Crippen LogP contribution in [0.2, 0.25) is 0 Å². The van der Waals surface area contributed by atoms with Gasteiger partial charge in [-0.1, -0.05) is 36.0 Å². The number of aryl methyl sites for hydroxylation is 2. The van der Waals surface area contributed by atoms with E-state index in [1.807, 2.05) is 31.2 Å². The number of benzene rings is 1. The molecular weight excluding hydrogens is 404 g/mol. The molecule has 2 N–H and O–H groups in total. The van der Waals surface area contributed by atoms with Crippen LogP contribution in [0.1, 0.15) is 27.2 Å². The third kappa shape index (κ3) is 5.04. The van der Waals surface area contributed by atoms with Crippen molar-refractivity contribution in [1.82, 2.24) is 20.3 Å². The van der Waals surface area contributed by atoms with E-state index in [0.717, 1.165) is 18.2 Å². The molecule has 156 valence electrons. The predicted molar refractivity (Wildman–Crippen MR) is 115 cm³/mol. The normalized spacial score (nSPS) is 10.8. The maximum Gasteiger partial charge on any atom is 0.338 e. The fourth-order valence-electron chi connectivity index (χ4n) is 3.00. The SMILES string of the molecule is COC(=O)c1cc(C)nc2nc(SCC(=O)NCCc3ccccc3C)[nH]c(=O)c12. The second kappa shape index (κ2) is 9.53. The first-order valence-corrected chi connectivity index (χ1v) is 10.3. The van der Waals surface area contributed by atoms with E-state index in [1.165, 1.54) is 24.3 Å². The molecule has 0 radical (unpaired) electrons. The minimum absolute atomic E-state index is 0.0690. The molecule has 0 atom stereocenters. The van der Waals surface area contributed by atoms with E-state index < -0.39 is 11.5 Å². The number of thioether (sulfide) groups is 1. The molecule has 3 aromatic rings. The maximum absolute atomic E-state index is 12.5. The third-order valence-corrected chi connectivity index (χ3v) is 5.38. The van der Waals surface area contributed by atoms with Gasteiger partial charge in [0.15, 0.2) is 10.8 Å². The van der Waals surface area contributed by atoms with Gasteiger partial charge in [0, 0.05) is 12.2 Å². The van der Waals surface area contributed by atoms with Crippen LogP contribution in [0, 0.1) is 13.8 Å². The number of hydrogen-bond acceptors (Lipinski definition) is 7. The number of pyridine rings is 1. The van der Waals surface area contributed by atoms with Crippen LogP contribution in [-0.2, 0) is 16.0 Å². The number of H-pyrrole nitrogens is 1. The Balaban J connectivity index is 1.66. The number of rotatable bonds is 7. The van der Waals surface area contributed by atoms with Crippen molar-refractivity contribution in [3.63, 3.8) is 0 Å². The monoisotopic (exact) mass is 426 g/mol. The quantitative estimate of drug-likeness (QED) is 0.338. The highest BCUT2D eigenvalue weighted by Gasteiger charge is 2.17. The van der Waals surface area contributed by atoms with E-state index in [2.05, 4.69) is 20.3 Å². The highest BCUT2D eigenvalue weighted by molar-refractivity contribution is 7.99. The Kier molecular flexibility index (Phi) is 6.83. The van der Waals surface area contributed by atoms with Crippen LogP contribution in [0.4, 0.5) is 0 Å². The molecule has 0 bridgehead atoms. The van der Waals surface area contributed by atoms with Crippen LogP contribution in [-0.4, -0.2) is 46.2 Å². The predicted octanol–water partition coefficient (Wildman–Crippen LogP) is 2.17. The molecule has 0 aliphatic rings. The molecule has 8 nitrogen and oxygen atoms in total. The molecule has 2 heterocycles. The number of nitrogens with one attached hydrogen (secondary N) is 2. The Morgan fingerprint density at radius 1 is 1.20 bits per heavy atom. The number of aromatic nitrogens is 3. The summed E-state index contributed by atoms with van der Waals surface area (Å²) in [6.45, 7) is 4.26. The molecule has 9 heteroatoms. The average Bonchev–Trinajstić information content (AvgIpc) is 2.72. The van der Waals surface area contributed by atoms with Crippen molar-refractivity contribution < 1.29 is 14.3 Å². The first-order valence-electron chi connectivity index (χ1n) is 9.33. The maximum atomic E-state index is 12.5. The molecule has 3 rings (SSSR count). The van der Waals surface area contributed by atoms with Crippen LogP contribution < -0.4 is 10.9 Å². The molecule has 0 saturated heterocycles. The van der Waals surface area contributed by atoms with E-state index >= 15 is 0 Å². The van der Waals surface area contributed by atoms with Gasteiger partial charge in [-0.2, -0.15) is 0 Å². The van der Waals surface area contributed by atoms with Gasteiger partial charge in [0.05, 0.1) is 23.8 Å². The summed E-state index contributed by atoms with van der Waals surface area (Å²) in [5, 5.41) is 3.19. The van der Waals surface area contributed by atoms with Crippen molar-refractivity contribution in [1.29, 1.82) is 0 Å². The van der Waals surface area contributed by atoms with Crippen molar-refractivity contribution in [2.24, 2.45) is 0 Å². The molecule has 0 spiro atoms. The molecule has 0 aliphatic carbocycles. The van der Waals surface area contributed by atoms with Crippen LogP contribution >= 0.6 is 11.8 Å². The van der Waals surface area contributed by atoms with Crippen LogP contribution in [0.15, 0.2) is 40.3 Å². The van der Waals surface area contributed by atoms with Gasteiger partial charge in [-0.05, 0) is 37.5 Å². The fourth-order valence-corrected chi connectivity index (χ4v) is 3.68. The molecule has 2 aromatic heterocycles. The Hall–Kier alpha value is -3.20. The highest BCUT2D eigenvalue weighted by atomic mass is 32.2. The van der Waals surface area contributed by atoms with Gasteiger partial charge in [0.25, 0.3) is 5.56 Å². The second-order valence-corrected chi connectivity index (χ2v) is 7.65. The first kappa shape index (κ1) is 21.5. The lowest BCUT2D eigenvalue weighted by atomic mass is 10.1. The number of esters is 1. The zero-order valence-electron chi connectivity index (χ0n) is 16.9. The number of methoxy groups -OCH3 is 1. The van der Waals surface area contributed by atoms with Crippen LogP contribution in [0.3, 0.4) is 0 Å². The number of aromatic amines is 1. The first-order chi connectivity index (χ1) is 14.4. The van der Waals surface area contributed by atoms with Gasteiger partial charge < -0.3 is 15.0 Å². The summed E-state index contributed by atoms with van der Waals surface area (Å²) in [6.07, 6.45) is 0.744. The molecule has 1 aromatic carbocycles. The number of nitrogens with zero attached hydrogens (tertiary/aromatic N) is 2. The zero-order chi connectivity index (χ0) is 21.7. The molecule has 0 unspecified atom stereocenters. The van der Waals surface area contributed by atoms with Gasteiger partial charge in [0.2, 0.25) is 5.91 Å². The summed E-state index contributed by atoms with van der Waals surface area (Å²) in [7, 11) is 1.24. The van der Waals surface area contributed by atoms with Crippen molar-refractivity contribution in [2.75, 3.05) is 19.4 Å². The molecule has 0 aliphatic heterocycles. The average molecular weight is 426 g/mol. The standard InChI is InChI=1S/C21H22N4O4S/c1-12-6-4-5-7-14(12)8-9-22-16(26)11-30-21-24-18-17(19(27)25-21)15(20(28)29-3)10-13(2)23-18/h4-7,10H,8-9,11H2,1-3H3,(H,22,26)(H,23,24,25,27). The lowest BCUT2D eigenvalue weighted by Crippen LogP contribution is -2.27. The zero-order valence-corrected chi connectivity index (χ0v) is 17.8. The molecule has 0 fully saturated rings. The Morgan fingerprint density at radius 3 is 2.70 bits per heavy atom. The lowest BCUT2D eigenvalue weighted by Gasteiger charge is -2.08.